The molecule has 0 amide bonds. The molecule has 0 radical (unpaired) electrons. The maximum atomic E-state index is 2.65. The SMILES string of the molecule is CCCCN1CCN(c2ccccc2C2CCC(C)(C)CC2)CC1. The van der Waals surface area contributed by atoms with Gasteiger partial charge in [-0.25, -0.2) is 0 Å². The fourth-order valence-corrected chi connectivity index (χ4v) is 4.43. The van der Waals surface area contributed by atoms with Crippen LogP contribution in [0.15, 0.2) is 24.3 Å². The quantitative estimate of drug-likeness (QED) is 0.724. The Balaban J connectivity index is 1.65. The van der Waals surface area contributed by atoms with Crippen LogP contribution in [-0.4, -0.2) is 37.6 Å². The third-order valence-electron chi connectivity index (χ3n) is 6.26. The summed E-state index contributed by atoms with van der Waals surface area (Å²) in [6, 6.07) is 9.25. The smallest absolute Gasteiger partial charge is 0.0402 e. The maximum Gasteiger partial charge on any atom is 0.0402 e. The van der Waals surface area contributed by atoms with Gasteiger partial charge in [-0.05, 0) is 61.6 Å². The summed E-state index contributed by atoms with van der Waals surface area (Å²) in [5, 5.41) is 0. The minimum absolute atomic E-state index is 0.552. The topological polar surface area (TPSA) is 6.48 Å². The zero-order valence-corrected chi connectivity index (χ0v) is 16.1. The first kappa shape index (κ1) is 17.8. The lowest BCUT2D eigenvalue weighted by molar-refractivity contribution is 0.224. The minimum atomic E-state index is 0.552. The highest BCUT2D eigenvalue weighted by atomic mass is 15.3. The molecule has 2 heteroatoms. The van der Waals surface area contributed by atoms with Gasteiger partial charge in [0.25, 0.3) is 0 Å². The van der Waals surface area contributed by atoms with Gasteiger partial charge in [-0.2, -0.15) is 0 Å². The molecule has 0 atom stereocenters. The van der Waals surface area contributed by atoms with Gasteiger partial charge in [-0.15, -0.1) is 0 Å². The van der Waals surface area contributed by atoms with E-state index in [9.17, 15) is 0 Å². The summed E-state index contributed by atoms with van der Waals surface area (Å²) in [6.45, 7) is 13.3. The highest BCUT2D eigenvalue weighted by molar-refractivity contribution is 5.55. The van der Waals surface area contributed by atoms with E-state index < -0.39 is 0 Å². The number of hydrogen-bond acceptors (Lipinski definition) is 2. The maximum absolute atomic E-state index is 2.65. The third-order valence-corrected chi connectivity index (χ3v) is 6.26. The fourth-order valence-electron chi connectivity index (χ4n) is 4.43. The molecule has 0 bridgehead atoms. The molecular formula is C22H36N2. The Kier molecular flexibility index (Phi) is 5.86. The number of anilines is 1. The van der Waals surface area contributed by atoms with E-state index in [0.717, 1.165) is 5.92 Å². The van der Waals surface area contributed by atoms with E-state index in [0.29, 0.717) is 5.41 Å². The van der Waals surface area contributed by atoms with Crippen LogP contribution in [0.25, 0.3) is 0 Å². The Morgan fingerprint density at radius 1 is 1.00 bits per heavy atom. The predicted octanol–water partition coefficient (Wildman–Crippen LogP) is 5.29. The Labute approximate surface area is 149 Å². The fraction of sp³-hybridized carbons (Fsp3) is 0.727. The molecule has 0 unspecified atom stereocenters. The Morgan fingerprint density at radius 2 is 1.67 bits per heavy atom. The van der Waals surface area contributed by atoms with E-state index in [1.807, 2.05) is 0 Å². The number of para-hydroxylation sites is 1. The van der Waals surface area contributed by atoms with Crippen molar-refractivity contribution in [2.75, 3.05) is 37.6 Å². The molecular weight excluding hydrogens is 292 g/mol. The van der Waals surface area contributed by atoms with E-state index in [1.165, 1.54) is 76.9 Å². The molecule has 3 rings (SSSR count). The van der Waals surface area contributed by atoms with Crippen LogP contribution in [0, 0.1) is 5.41 Å². The number of benzene rings is 1. The zero-order chi connectivity index (χ0) is 17.0. The van der Waals surface area contributed by atoms with Gasteiger partial charge in [0.15, 0.2) is 0 Å². The summed E-state index contributed by atoms with van der Waals surface area (Å²) in [4.78, 5) is 5.29. The molecule has 134 valence electrons. The van der Waals surface area contributed by atoms with Crippen molar-refractivity contribution in [3.8, 4) is 0 Å². The molecule has 1 aromatic rings. The molecule has 0 spiro atoms. The summed E-state index contributed by atoms with van der Waals surface area (Å²) < 4.78 is 0. The van der Waals surface area contributed by atoms with Crippen LogP contribution in [0.5, 0.6) is 0 Å². The van der Waals surface area contributed by atoms with Crippen LogP contribution in [0.3, 0.4) is 0 Å². The standard InChI is InChI=1S/C22H36N2/c1-4-5-14-23-15-17-24(18-16-23)21-9-7-6-8-20(21)19-10-12-22(2,3)13-11-19/h6-9,19H,4-5,10-18H2,1-3H3. The average molecular weight is 329 g/mol. The van der Waals surface area contributed by atoms with Crippen molar-refractivity contribution >= 4 is 5.69 Å². The molecule has 24 heavy (non-hydrogen) atoms. The number of rotatable bonds is 5. The van der Waals surface area contributed by atoms with Crippen LogP contribution in [0.4, 0.5) is 5.69 Å². The first-order chi connectivity index (χ1) is 11.6. The van der Waals surface area contributed by atoms with E-state index in [4.69, 9.17) is 0 Å². The highest BCUT2D eigenvalue weighted by Gasteiger charge is 2.29. The van der Waals surface area contributed by atoms with Crippen LogP contribution in [0.2, 0.25) is 0 Å². The molecule has 1 heterocycles. The first-order valence-electron chi connectivity index (χ1n) is 10.2. The molecule has 1 aliphatic carbocycles. The largest absolute Gasteiger partial charge is 0.369 e. The molecule has 2 fully saturated rings. The second-order valence-electron chi connectivity index (χ2n) is 8.68. The molecule has 0 N–H and O–H groups in total. The minimum Gasteiger partial charge on any atom is -0.369 e. The average Bonchev–Trinajstić information content (AvgIpc) is 2.60. The molecule has 1 aromatic carbocycles. The highest BCUT2D eigenvalue weighted by Crippen LogP contribution is 2.44. The van der Waals surface area contributed by atoms with E-state index in [2.05, 4.69) is 54.8 Å². The van der Waals surface area contributed by atoms with E-state index in [-0.39, 0.29) is 0 Å². The Morgan fingerprint density at radius 3 is 2.33 bits per heavy atom. The summed E-state index contributed by atoms with van der Waals surface area (Å²) >= 11 is 0. The monoisotopic (exact) mass is 328 g/mol. The summed E-state index contributed by atoms with van der Waals surface area (Å²) in [5.41, 5.74) is 3.70. The first-order valence-corrected chi connectivity index (χ1v) is 10.2. The van der Waals surface area contributed by atoms with Crippen LogP contribution >= 0.6 is 0 Å². The number of piperazine rings is 1. The lowest BCUT2D eigenvalue weighted by Crippen LogP contribution is -2.47. The molecule has 1 saturated heterocycles. The second kappa shape index (κ2) is 7.91. The summed E-state index contributed by atoms with van der Waals surface area (Å²) in [7, 11) is 0. The zero-order valence-electron chi connectivity index (χ0n) is 16.1. The summed E-state index contributed by atoms with van der Waals surface area (Å²) in [5.74, 6) is 0.771. The lowest BCUT2D eigenvalue weighted by atomic mass is 9.71. The van der Waals surface area contributed by atoms with Gasteiger partial charge in [0.05, 0.1) is 0 Å². The van der Waals surface area contributed by atoms with Gasteiger partial charge in [0.2, 0.25) is 0 Å². The van der Waals surface area contributed by atoms with Crippen molar-refractivity contribution in [1.29, 1.82) is 0 Å². The van der Waals surface area contributed by atoms with Gasteiger partial charge in [-0.1, -0.05) is 45.4 Å². The molecule has 1 aliphatic heterocycles. The van der Waals surface area contributed by atoms with Crippen molar-refractivity contribution < 1.29 is 0 Å². The molecule has 2 aliphatic rings. The number of unbranched alkanes of at least 4 members (excludes halogenated alkanes) is 1. The lowest BCUT2D eigenvalue weighted by Gasteiger charge is -2.39. The number of nitrogens with zero attached hydrogens (tertiary/aromatic N) is 2. The second-order valence-corrected chi connectivity index (χ2v) is 8.68. The van der Waals surface area contributed by atoms with Crippen LogP contribution in [-0.2, 0) is 0 Å². The van der Waals surface area contributed by atoms with Gasteiger partial charge in [0, 0.05) is 31.9 Å². The van der Waals surface area contributed by atoms with Crippen molar-refractivity contribution in [1.82, 2.24) is 4.90 Å². The van der Waals surface area contributed by atoms with Crippen LogP contribution in [0.1, 0.15) is 70.8 Å². The molecule has 1 saturated carbocycles. The number of hydrogen-bond donors (Lipinski definition) is 0. The van der Waals surface area contributed by atoms with Gasteiger partial charge in [-0.3, -0.25) is 4.90 Å². The third kappa shape index (κ3) is 4.33. The van der Waals surface area contributed by atoms with Crippen molar-refractivity contribution in [3.63, 3.8) is 0 Å². The summed E-state index contributed by atoms with van der Waals surface area (Å²) in [6.07, 6.45) is 8.12. The normalized spacial score (nSPS) is 22.7. The Hall–Kier alpha value is -1.02. The van der Waals surface area contributed by atoms with Crippen molar-refractivity contribution in [2.24, 2.45) is 5.41 Å². The predicted molar refractivity (Wildman–Crippen MR) is 105 cm³/mol. The van der Waals surface area contributed by atoms with Gasteiger partial charge in [0.1, 0.15) is 0 Å². The van der Waals surface area contributed by atoms with Crippen molar-refractivity contribution in [3.05, 3.63) is 29.8 Å². The van der Waals surface area contributed by atoms with Gasteiger partial charge >= 0.3 is 0 Å². The van der Waals surface area contributed by atoms with Crippen LogP contribution < -0.4 is 4.90 Å². The van der Waals surface area contributed by atoms with E-state index >= 15 is 0 Å². The van der Waals surface area contributed by atoms with Gasteiger partial charge < -0.3 is 4.90 Å². The molecule has 0 aromatic heterocycles. The van der Waals surface area contributed by atoms with Crippen molar-refractivity contribution in [2.45, 2.75) is 65.2 Å². The van der Waals surface area contributed by atoms with E-state index in [1.54, 1.807) is 5.56 Å². The molecule has 2 nitrogen and oxygen atoms in total. The Bertz CT molecular complexity index is 504.